The molecular formula is C20H30N2O7S. The van der Waals surface area contributed by atoms with Crippen LogP contribution in [0.5, 0.6) is 0 Å². The smallest absolute Gasteiger partial charge is 0.306 e. The number of benzene rings is 1. The van der Waals surface area contributed by atoms with E-state index in [-0.39, 0.29) is 35.7 Å². The average Bonchev–Trinajstić information content (AvgIpc) is 2.66. The van der Waals surface area contributed by atoms with Crippen molar-refractivity contribution < 1.29 is 28.0 Å². The van der Waals surface area contributed by atoms with Crippen molar-refractivity contribution >= 4 is 21.7 Å². The number of ether oxygens (including phenoxy) is 1. The molecule has 0 aliphatic heterocycles. The standard InChI is InChI=1S/C20H30N2O7S/c1-3-29-20(24)13-15-11-14(2)12-18(23)16(15)7-6-10-21-30(27,28)19-9-5-4-8-17(19)22(25)26/h4-5,8-9,14-16,18,21,23H,3,6-7,10-13H2,1-2H3/t14-,15-,16-,18-/m1/s1. The number of hydrogen-bond acceptors (Lipinski definition) is 7. The van der Waals surface area contributed by atoms with Gasteiger partial charge in [-0.1, -0.05) is 19.1 Å². The highest BCUT2D eigenvalue weighted by Gasteiger charge is 2.36. The molecule has 2 N–H and O–H groups in total. The molecule has 4 atom stereocenters. The zero-order valence-corrected chi connectivity index (χ0v) is 18.1. The quantitative estimate of drug-likeness (QED) is 0.246. The van der Waals surface area contributed by atoms with E-state index < -0.39 is 26.7 Å². The first-order valence-corrected chi connectivity index (χ1v) is 11.7. The van der Waals surface area contributed by atoms with Gasteiger partial charge in [0.25, 0.3) is 5.69 Å². The number of nitro benzene ring substituents is 1. The summed E-state index contributed by atoms with van der Waals surface area (Å²) in [7, 11) is -4.03. The molecule has 9 nitrogen and oxygen atoms in total. The Balaban J connectivity index is 1.97. The molecule has 0 heterocycles. The second-order valence-corrected chi connectivity index (χ2v) is 9.58. The number of nitro groups is 1. The Labute approximate surface area is 177 Å². The maximum atomic E-state index is 12.5. The van der Waals surface area contributed by atoms with Crippen LogP contribution in [0.4, 0.5) is 5.69 Å². The number of hydrogen-bond donors (Lipinski definition) is 2. The lowest BCUT2D eigenvalue weighted by atomic mass is 9.70. The first-order valence-electron chi connectivity index (χ1n) is 10.2. The van der Waals surface area contributed by atoms with Crippen LogP contribution >= 0.6 is 0 Å². The summed E-state index contributed by atoms with van der Waals surface area (Å²) in [4.78, 5) is 21.9. The third kappa shape index (κ3) is 6.48. The van der Waals surface area contributed by atoms with Crippen molar-refractivity contribution in [2.75, 3.05) is 13.2 Å². The van der Waals surface area contributed by atoms with Crippen LogP contribution in [0.3, 0.4) is 0 Å². The number of aliphatic hydroxyl groups is 1. The van der Waals surface area contributed by atoms with Crippen molar-refractivity contribution in [3.8, 4) is 0 Å². The Bertz CT molecular complexity index is 843. The minimum Gasteiger partial charge on any atom is -0.466 e. The van der Waals surface area contributed by atoms with Crippen molar-refractivity contribution in [1.29, 1.82) is 0 Å². The van der Waals surface area contributed by atoms with Crippen LogP contribution in [0, 0.1) is 27.9 Å². The highest BCUT2D eigenvalue weighted by molar-refractivity contribution is 7.89. The summed E-state index contributed by atoms with van der Waals surface area (Å²) in [6, 6.07) is 5.18. The minimum absolute atomic E-state index is 0.0189. The fourth-order valence-electron chi connectivity index (χ4n) is 4.24. The monoisotopic (exact) mass is 442 g/mol. The van der Waals surface area contributed by atoms with Crippen LogP contribution in [0.1, 0.15) is 46.0 Å². The summed E-state index contributed by atoms with van der Waals surface area (Å²) in [6.07, 6.45) is 2.11. The molecule has 30 heavy (non-hydrogen) atoms. The molecule has 168 valence electrons. The van der Waals surface area contributed by atoms with Crippen molar-refractivity contribution in [3.63, 3.8) is 0 Å². The van der Waals surface area contributed by atoms with Crippen molar-refractivity contribution in [2.24, 2.45) is 17.8 Å². The van der Waals surface area contributed by atoms with Crippen molar-refractivity contribution in [2.45, 2.75) is 57.0 Å². The normalized spacial score (nSPS) is 24.4. The predicted molar refractivity (Wildman–Crippen MR) is 110 cm³/mol. The van der Waals surface area contributed by atoms with Gasteiger partial charge in [0, 0.05) is 19.0 Å². The van der Waals surface area contributed by atoms with E-state index in [0.717, 1.165) is 12.5 Å². The molecule has 0 radical (unpaired) electrons. The zero-order chi connectivity index (χ0) is 22.3. The van der Waals surface area contributed by atoms with E-state index in [1.165, 1.54) is 18.2 Å². The van der Waals surface area contributed by atoms with E-state index in [1.807, 2.05) is 6.92 Å². The van der Waals surface area contributed by atoms with Crippen molar-refractivity contribution in [1.82, 2.24) is 4.72 Å². The summed E-state index contributed by atoms with van der Waals surface area (Å²) < 4.78 is 32.4. The third-order valence-corrected chi connectivity index (χ3v) is 7.05. The summed E-state index contributed by atoms with van der Waals surface area (Å²) in [6.45, 7) is 4.18. The Kier molecular flexibility index (Phi) is 8.75. The van der Waals surface area contributed by atoms with Crippen LogP contribution in [0.25, 0.3) is 0 Å². The van der Waals surface area contributed by atoms with Gasteiger partial charge in [0.15, 0.2) is 4.90 Å². The zero-order valence-electron chi connectivity index (χ0n) is 17.3. The molecule has 0 amide bonds. The topological polar surface area (TPSA) is 136 Å². The molecule has 0 aromatic heterocycles. The summed E-state index contributed by atoms with van der Waals surface area (Å²) in [5.41, 5.74) is -0.476. The SMILES string of the molecule is CCOC(=O)C[C@H]1C[C@@H](C)C[C@@H](O)[C@@H]1CCCNS(=O)(=O)c1ccccc1[N+](=O)[O-]. The fourth-order valence-corrected chi connectivity index (χ4v) is 5.49. The van der Waals surface area contributed by atoms with Gasteiger partial charge in [-0.15, -0.1) is 0 Å². The highest BCUT2D eigenvalue weighted by Crippen LogP contribution is 2.38. The second kappa shape index (κ2) is 10.8. The van der Waals surface area contributed by atoms with Crippen LogP contribution < -0.4 is 4.72 Å². The molecule has 0 spiro atoms. The molecule has 1 aromatic rings. The summed E-state index contributed by atoms with van der Waals surface area (Å²) in [5, 5.41) is 21.6. The number of aliphatic hydroxyl groups excluding tert-OH is 1. The van der Waals surface area contributed by atoms with E-state index in [1.54, 1.807) is 6.92 Å². The number of nitrogens with one attached hydrogen (secondary N) is 1. The number of carbonyl (C=O) groups is 1. The number of rotatable bonds is 10. The van der Waals surface area contributed by atoms with E-state index in [0.29, 0.717) is 31.8 Å². The lowest BCUT2D eigenvalue weighted by Gasteiger charge is -2.38. The third-order valence-electron chi connectivity index (χ3n) is 5.54. The van der Waals surface area contributed by atoms with E-state index in [2.05, 4.69) is 4.72 Å². The van der Waals surface area contributed by atoms with Gasteiger partial charge in [-0.05, 0) is 56.4 Å². The van der Waals surface area contributed by atoms with Gasteiger partial charge in [-0.25, -0.2) is 13.1 Å². The van der Waals surface area contributed by atoms with Crippen LogP contribution in [-0.2, 0) is 19.6 Å². The lowest BCUT2D eigenvalue weighted by molar-refractivity contribution is -0.387. The molecular weight excluding hydrogens is 412 g/mol. The molecule has 0 bridgehead atoms. The molecule has 10 heteroatoms. The average molecular weight is 443 g/mol. The predicted octanol–water partition coefficient (Wildman–Crippen LogP) is 2.63. The van der Waals surface area contributed by atoms with Gasteiger partial charge in [-0.3, -0.25) is 14.9 Å². The Morgan fingerprint density at radius 3 is 2.70 bits per heavy atom. The van der Waals surface area contributed by atoms with Gasteiger partial charge in [0.1, 0.15) is 0 Å². The number of nitrogens with zero attached hydrogens (tertiary/aromatic N) is 1. The van der Waals surface area contributed by atoms with E-state index in [9.17, 15) is 28.4 Å². The van der Waals surface area contributed by atoms with E-state index >= 15 is 0 Å². The first-order chi connectivity index (χ1) is 14.2. The summed E-state index contributed by atoms with van der Waals surface area (Å²) >= 11 is 0. The summed E-state index contributed by atoms with van der Waals surface area (Å²) in [5.74, 6) is -0.130. The largest absolute Gasteiger partial charge is 0.466 e. The number of esters is 1. The second-order valence-electron chi connectivity index (χ2n) is 7.84. The van der Waals surface area contributed by atoms with Crippen LogP contribution in [-0.4, -0.2) is 43.7 Å². The fraction of sp³-hybridized carbons (Fsp3) is 0.650. The Morgan fingerprint density at radius 2 is 2.03 bits per heavy atom. The molecule has 1 aliphatic carbocycles. The lowest BCUT2D eigenvalue weighted by Crippen LogP contribution is -2.37. The van der Waals surface area contributed by atoms with Gasteiger partial charge >= 0.3 is 5.97 Å². The molecule has 0 unspecified atom stereocenters. The number of sulfonamides is 1. The first kappa shape index (κ1) is 24.2. The van der Waals surface area contributed by atoms with Gasteiger partial charge in [0.2, 0.25) is 10.0 Å². The maximum Gasteiger partial charge on any atom is 0.306 e. The molecule has 1 saturated carbocycles. The Morgan fingerprint density at radius 1 is 1.33 bits per heavy atom. The van der Waals surface area contributed by atoms with E-state index in [4.69, 9.17) is 4.74 Å². The van der Waals surface area contributed by atoms with Gasteiger partial charge in [-0.2, -0.15) is 0 Å². The number of carbonyl (C=O) groups excluding carboxylic acids is 1. The Hall–Kier alpha value is -2.04. The molecule has 1 aliphatic rings. The molecule has 1 fully saturated rings. The van der Waals surface area contributed by atoms with Crippen LogP contribution in [0.2, 0.25) is 0 Å². The minimum atomic E-state index is -4.03. The molecule has 0 saturated heterocycles. The van der Waals surface area contributed by atoms with Crippen LogP contribution in [0.15, 0.2) is 29.2 Å². The van der Waals surface area contributed by atoms with Gasteiger partial charge in [0.05, 0.1) is 17.6 Å². The van der Waals surface area contributed by atoms with Crippen molar-refractivity contribution in [3.05, 3.63) is 34.4 Å². The highest BCUT2D eigenvalue weighted by atomic mass is 32.2. The molecule has 2 rings (SSSR count). The number of para-hydroxylation sites is 1. The maximum absolute atomic E-state index is 12.5. The van der Waals surface area contributed by atoms with Gasteiger partial charge < -0.3 is 9.84 Å². The molecule has 1 aromatic carbocycles.